The molecule has 0 aliphatic heterocycles. The van der Waals surface area contributed by atoms with Crippen LogP contribution in [0.3, 0.4) is 0 Å². The van der Waals surface area contributed by atoms with Crippen LogP contribution in [0, 0.1) is 0 Å². The fourth-order valence-corrected chi connectivity index (χ4v) is 2.87. The molecule has 3 aromatic carbocycles. The Morgan fingerprint density at radius 1 is 0.480 bits per heavy atom. The van der Waals surface area contributed by atoms with Gasteiger partial charge in [0.15, 0.2) is 0 Å². The Bertz CT molecular complexity index is 578. The van der Waals surface area contributed by atoms with Gasteiger partial charge in [0.25, 0.3) is 0 Å². The van der Waals surface area contributed by atoms with Crippen molar-refractivity contribution in [3.8, 4) is 0 Å². The number of hydrogen-bond acceptors (Lipinski definition) is 1. The number of hydrogen-bond donors (Lipinski definition) is 0. The van der Waals surface area contributed by atoms with Crippen LogP contribution in [0.5, 0.6) is 0 Å². The van der Waals surface area contributed by atoms with Gasteiger partial charge < -0.3 is 4.74 Å². The summed E-state index contributed by atoms with van der Waals surface area (Å²) < 4.78 is 6.10. The fraction of sp³-hybridized carbons (Fsp3) is 0.250. The lowest BCUT2D eigenvalue weighted by atomic mass is 9.80. The van der Waals surface area contributed by atoms with Crippen LogP contribution in [-0.2, 0) is 10.3 Å². The van der Waals surface area contributed by atoms with Crippen molar-refractivity contribution in [3.05, 3.63) is 108 Å². The molecular weight excluding hydrogens is 304 g/mol. The normalized spacial score (nSPS) is 9.96. The van der Waals surface area contributed by atoms with Crippen LogP contribution >= 0.6 is 0 Å². The number of methoxy groups -OCH3 is 1. The molecule has 3 rings (SSSR count). The standard InChI is InChI=1S/C20H18O.2C2H6/c1-21-20(17-11-5-2-6-12-17,18-13-7-3-8-14-18)19-15-9-4-10-16-19;2*1-2/h2-16H,1H3;2*1-2H3. The molecule has 0 aromatic heterocycles. The highest BCUT2D eigenvalue weighted by atomic mass is 16.5. The van der Waals surface area contributed by atoms with Crippen molar-refractivity contribution in [1.29, 1.82) is 0 Å². The van der Waals surface area contributed by atoms with Crippen molar-refractivity contribution in [3.63, 3.8) is 0 Å². The van der Waals surface area contributed by atoms with Crippen LogP contribution in [0.25, 0.3) is 0 Å². The van der Waals surface area contributed by atoms with Crippen LogP contribution in [-0.4, -0.2) is 7.11 Å². The molecule has 0 N–H and O–H groups in total. The SMILES string of the molecule is CC.CC.COC(c1ccccc1)(c1ccccc1)c1ccccc1. The molecule has 0 saturated heterocycles. The van der Waals surface area contributed by atoms with E-state index in [1.165, 1.54) is 0 Å². The Hall–Kier alpha value is -2.38. The Labute approximate surface area is 153 Å². The Morgan fingerprint density at radius 3 is 0.920 bits per heavy atom. The minimum Gasteiger partial charge on any atom is -0.364 e. The van der Waals surface area contributed by atoms with E-state index in [2.05, 4.69) is 72.8 Å². The third-order valence-corrected chi connectivity index (χ3v) is 3.85. The molecule has 0 bridgehead atoms. The molecule has 0 unspecified atom stereocenters. The first-order valence-electron chi connectivity index (χ1n) is 9.09. The molecule has 1 heteroatoms. The summed E-state index contributed by atoms with van der Waals surface area (Å²) in [6, 6.07) is 31.1. The minimum atomic E-state index is -0.580. The summed E-state index contributed by atoms with van der Waals surface area (Å²) >= 11 is 0. The largest absolute Gasteiger partial charge is 0.364 e. The lowest BCUT2D eigenvalue weighted by Crippen LogP contribution is -2.31. The van der Waals surface area contributed by atoms with Gasteiger partial charge in [0, 0.05) is 7.11 Å². The zero-order chi connectivity index (χ0) is 18.5. The van der Waals surface area contributed by atoms with Crippen molar-refractivity contribution in [2.75, 3.05) is 7.11 Å². The number of benzene rings is 3. The zero-order valence-electron chi connectivity index (χ0n) is 16.1. The smallest absolute Gasteiger partial charge is 0.143 e. The summed E-state index contributed by atoms with van der Waals surface area (Å²) in [5.41, 5.74) is 2.81. The van der Waals surface area contributed by atoms with E-state index in [1.54, 1.807) is 7.11 Å². The Morgan fingerprint density at radius 2 is 0.720 bits per heavy atom. The van der Waals surface area contributed by atoms with E-state index in [1.807, 2.05) is 45.9 Å². The predicted octanol–water partition coefficient (Wildman–Crippen LogP) is 6.68. The predicted molar refractivity (Wildman–Crippen MR) is 109 cm³/mol. The molecule has 0 fully saturated rings. The molecule has 25 heavy (non-hydrogen) atoms. The molecule has 0 atom stereocenters. The van der Waals surface area contributed by atoms with Crippen LogP contribution in [0.15, 0.2) is 91.0 Å². The second-order valence-electron chi connectivity index (χ2n) is 4.98. The summed E-state index contributed by atoms with van der Waals surface area (Å²) in [5, 5.41) is 0. The van der Waals surface area contributed by atoms with Crippen molar-refractivity contribution >= 4 is 0 Å². The quantitative estimate of drug-likeness (QED) is 0.484. The van der Waals surface area contributed by atoms with Crippen molar-refractivity contribution < 1.29 is 4.74 Å². The van der Waals surface area contributed by atoms with Gasteiger partial charge in [0.05, 0.1) is 0 Å². The van der Waals surface area contributed by atoms with Gasteiger partial charge in [-0.05, 0) is 16.7 Å². The molecule has 132 valence electrons. The fourth-order valence-electron chi connectivity index (χ4n) is 2.87. The second-order valence-corrected chi connectivity index (χ2v) is 4.98. The van der Waals surface area contributed by atoms with Gasteiger partial charge in [-0.2, -0.15) is 0 Å². The third-order valence-electron chi connectivity index (χ3n) is 3.85. The number of ether oxygens (including phenoxy) is 1. The third kappa shape index (κ3) is 4.58. The second kappa shape index (κ2) is 11.2. The average Bonchev–Trinajstić information content (AvgIpc) is 2.74. The molecule has 0 radical (unpaired) electrons. The highest BCUT2D eigenvalue weighted by Gasteiger charge is 2.35. The van der Waals surface area contributed by atoms with Crippen LogP contribution < -0.4 is 0 Å². The molecule has 0 saturated carbocycles. The maximum absolute atomic E-state index is 6.10. The summed E-state index contributed by atoms with van der Waals surface area (Å²) in [4.78, 5) is 0. The zero-order valence-corrected chi connectivity index (χ0v) is 16.1. The summed E-state index contributed by atoms with van der Waals surface area (Å²) in [7, 11) is 1.77. The summed E-state index contributed by atoms with van der Waals surface area (Å²) in [5.74, 6) is 0. The van der Waals surface area contributed by atoms with Gasteiger partial charge in [-0.15, -0.1) is 0 Å². The Balaban J connectivity index is 0.000000730. The minimum absolute atomic E-state index is 0.580. The van der Waals surface area contributed by atoms with E-state index in [0.717, 1.165) is 16.7 Å². The first-order valence-corrected chi connectivity index (χ1v) is 9.09. The molecule has 0 aliphatic rings. The van der Waals surface area contributed by atoms with Gasteiger partial charge in [-0.1, -0.05) is 119 Å². The molecule has 0 aliphatic carbocycles. The monoisotopic (exact) mass is 334 g/mol. The average molecular weight is 335 g/mol. The topological polar surface area (TPSA) is 9.23 Å². The maximum atomic E-state index is 6.10. The molecule has 0 heterocycles. The van der Waals surface area contributed by atoms with Gasteiger partial charge in [0.1, 0.15) is 5.60 Å². The van der Waals surface area contributed by atoms with E-state index in [9.17, 15) is 0 Å². The molecule has 3 aromatic rings. The van der Waals surface area contributed by atoms with Gasteiger partial charge in [-0.3, -0.25) is 0 Å². The van der Waals surface area contributed by atoms with E-state index in [4.69, 9.17) is 4.74 Å². The lowest BCUT2D eigenvalue weighted by molar-refractivity contribution is 0.0585. The highest BCUT2D eigenvalue weighted by molar-refractivity contribution is 5.47. The van der Waals surface area contributed by atoms with Crippen molar-refractivity contribution in [2.45, 2.75) is 33.3 Å². The van der Waals surface area contributed by atoms with Crippen LogP contribution in [0.2, 0.25) is 0 Å². The molecule has 0 amide bonds. The highest BCUT2D eigenvalue weighted by Crippen LogP contribution is 2.39. The van der Waals surface area contributed by atoms with Gasteiger partial charge in [-0.25, -0.2) is 0 Å². The van der Waals surface area contributed by atoms with Crippen LogP contribution in [0.1, 0.15) is 44.4 Å². The van der Waals surface area contributed by atoms with Gasteiger partial charge >= 0.3 is 0 Å². The maximum Gasteiger partial charge on any atom is 0.143 e. The van der Waals surface area contributed by atoms with Crippen LogP contribution in [0.4, 0.5) is 0 Å². The van der Waals surface area contributed by atoms with Gasteiger partial charge in [0.2, 0.25) is 0 Å². The van der Waals surface area contributed by atoms with E-state index >= 15 is 0 Å². The molecule has 0 spiro atoms. The van der Waals surface area contributed by atoms with E-state index < -0.39 is 5.60 Å². The first kappa shape index (κ1) is 20.7. The lowest BCUT2D eigenvalue weighted by Gasteiger charge is -2.34. The van der Waals surface area contributed by atoms with E-state index in [-0.39, 0.29) is 0 Å². The molecule has 1 nitrogen and oxygen atoms in total. The summed E-state index contributed by atoms with van der Waals surface area (Å²) in [6.07, 6.45) is 0. The van der Waals surface area contributed by atoms with E-state index in [0.29, 0.717) is 0 Å². The number of rotatable bonds is 4. The summed E-state index contributed by atoms with van der Waals surface area (Å²) in [6.45, 7) is 8.00. The Kier molecular flexibility index (Phi) is 9.28. The molecular formula is C24H30O. The first-order chi connectivity index (χ1) is 12.4. The van der Waals surface area contributed by atoms with Crippen molar-refractivity contribution in [1.82, 2.24) is 0 Å². The van der Waals surface area contributed by atoms with Crippen molar-refractivity contribution in [2.24, 2.45) is 0 Å².